The summed E-state index contributed by atoms with van der Waals surface area (Å²) in [4.78, 5) is 26.4. The summed E-state index contributed by atoms with van der Waals surface area (Å²) in [6, 6.07) is 18.1. The first-order valence-corrected chi connectivity index (χ1v) is 12.4. The molecule has 1 aliphatic heterocycles. The fourth-order valence-electron chi connectivity index (χ4n) is 4.39. The lowest BCUT2D eigenvalue weighted by atomic mass is 10.1. The standard InChI is InChI=1S/C28H31N7O3/c1-34-10-12-35(13-11-34)26-22-8-6-19(15-24(22)32-28(30)33-26)27(36)31-17-18-4-3-5-21(14-18)38-25-16-20(37-2)7-9-23(25)29/h3-9,14-16H,10-13,17,29H2,1-2H3,(H,31,36)(H2,30,32,33). The number of hydrogen-bond acceptors (Lipinski definition) is 9. The molecular formula is C28H31N7O3. The van der Waals surface area contributed by atoms with E-state index < -0.39 is 0 Å². The van der Waals surface area contributed by atoms with Crippen molar-refractivity contribution in [3.05, 3.63) is 71.8 Å². The number of nitrogens with two attached hydrogens (primary N) is 2. The number of piperazine rings is 1. The van der Waals surface area contributed by atoms with E-state index in [4.69, 9.17) is 20.9 Å². The quantitative estimate of drug-likeness (QED) is 0.319. The summed E-state index contributed by atoms with van der Waals surface area (Å²) >= 11 is 0. The third-order valence-electron chi connectivity index (χ3n) is 6.56. The molecule has 0 bridgehead atoms. The van der Waals surface area contributed by atoms with Gasteiger partial charge in [0, 0.05) is 49.7 Å². The molecule has 0 saturated carbocycles. The van der Waals surface area contributed by atoms with Crippen LogP contribution in [0.5, 0.6) is 17.2 Å². The van der Waals surface area contributed by atoms with Gasteiger partial charge in [-0.1, -0.05) is 12.1 Å². The number of carbonyl (C=O) groups is 1. The van der Waals surface area contributed by atoms with Gasteiger partial charge < -0.3 is 36.1 Å². The monoisotopic (exact) mass is 513 g/mol. The number of hydrogen-bond donors (Lipinski definition) is 3. The average molecular weight is 514 g/mol. The fourth-order valence-corrected chi connectivity index (χ4v) is 4.39. The molecule has 38 heavy (non-hydrogen) atoms. The van der Waals surface area contributed by atoms with Crippen molar-refractivity contribution in [3.8, 4) is 17.2 Å². The van der Waals surface area contributed by atoms with Gasteiger partial charge in [-0.15, -0.1) is 0 Å². The lowest BCUT2D eigenvalue weighted by Crippen LogP contribution is -2.45. The lowest BCUT2D eigenvalue weighted by Gasteiger charge is -2.33. The number of aromatic nitrogens is 2. The zero-order chi connectivity index (χ0) is 26.6. The molecule has 10 nitrogen and oxygen atoms in total. The minimum absolute atomic E-state index is 0.192. The predicted molar refractivity (Wildman–Crippen MR) is 149 cm³/mol. The molecule has 0 spiro atoms. The maximum Gasteiger partial charge on any atom is 0.251 e. The topological polar surface area (TPSA) is 132 Å². The van der Waals surface area contributed by atoms with Crippen LogP contribution in [0, 0.1) is 0 Å². The van der Waals surface area contributed by atoms with Crippen LogP contribution in [0.15, 0.2) is 60.7 Å². The van der Waals surface area contributed by atoms with Crippen molar-refractivity contribution in [2.45, 2.75) is 6.54 Å². The first-order valence-electron chi connectivity index (χ1n) is 12.4. The van der Waals surface area contributed by atoms with Crippen LogP contribution in [0.2, 0.25) is 0 Å². The Kier molecular flexibility index (Phi) is 7.14. The van der Waals surface area contributed by atoms with Crippen LogP contribution in [-0.4, -0.2) is 61.1 Å². The van der Waals surface area contributed by atoms with Gasteiger partial charge in [-0.2, -0.15) is 4.98 Å². The summed E-state index contributed by atoms with van der Waals surface area (Å²) in [5.41, 5.74) is 14.6. The van der Waals surface area contributed by atoms with Gasteiger partial charge in [-0.3, -0.25) is 4.79 Å². The Balaban J connectivity index is 1.29. The molecule has 1 fully saturated rings. The third-order valence-corrected chi connectivity index (χ3v) is 6.56. The van der Waals surface area contributed by atoms with Gasteiger partial charge in [0.1, 0.15) is 17.3 Å². The number of anilines is 3. The molecule has 2 heterocycles. The first kappa shape index (κ1) is 25.1. The van der Waals surface area contributed by atoms with Gasteiger partial charge in [-0.05, 0) is 55.1 Å². The smallest absolute Gasteiger partial charge is 0.251 e. The molecule has 0 aliphatic carbocycles. The maximum absolute atomic E-state index is 13.0. The number of methoxy groups -OCH3 is 1. The minimum Gasteiger partial charge on any atom is -0.497 e. The Bertz CT molecular complexity index is 1470. The number of benzene rings is 3. The van der Waals surface area contributed by atoms with Crippen LogP contribution < -0.4 is 31.2 Å². The van der Waals surface area contributed by atoms with Gasteiger partial charge in [0.15, 0.2) is 5.75 Å². The van der Waals surface area contributed by atoms with E-state index >= 15 is 0 Å². The largest absolute Gasteiger partial charge is 0.497 e. The Hall–Kier alpha value is -4.57. The van der Waals surface area contributed by atoms with Crippen LogP contribution >= 0.6 is 0 Å². The molecule has 0 radical (unpaired) electrons. The first-order chi connectivity index (χ1) is 18.4. The molecule has 1 amide bonds. The number of amides is 1. The zero-order valence-corrected chi connectivity index (χ0v) is 21.5. The second-order valence-corrected chi connectivity index (χ2v) is 9.26. The molecule has 5 rings (SSSR count). The number of nitrogen functional groups attached to an aromatic ring is 2. The number of carbonyl (C=O) groups excluding carboxylic acids is 1. The summed E-state index contributed by atoms with van der Waals surface area (Å²) in [6.45, 7) is 3.94. The van der Waals surface area contributed by atoms with Crippen LogP contribution in [0.1, 0.15) is 15.9 Å². The van der Waals surface area contributed by atoms with Crippen molar-refractivity contribution in [2.24, 2.45) is 0 Å². The highest BCUT2D eigenvalue weighted by Gasteiger charge is 2.19. The lowest BCUT2D eigenvalue weighted by molar-refractivity contribution is 0.0951. The normalized spacial score (nSPS) is 13.9. The SMILES string of the molecule is COc1ccc(N)c(Oc2cccc(CNC(=O)c3ccc4c(N5CCN(C)CC5)nc(N)nc4c3)c2)c1. The van der Waals surface area contributed by atoms with Gasteiger partial charge >= 0.3 is 0 Å². The zero-order valence-electron chi connectivity index (χ0n) is 21.5. The predicted octanol–water partition coefficient (Wildman–Crippen LogP) is 3.28. The number of fused-ring (bicyclic) bond motifs is 1. The van der Waals surface area contributed by atoms with E-state index in [-0.39, 0.29) is 11.9 Å². The summed E-state index contributed by atoms with van der Waals surface area (Å²) in [5.74, 6) is 2.53. The molecule has 10 heteroatoms. The summed E-state index contributed by atoms with van der Waals surface area (Å²) in [7, 11) is 3.69. The van der Waals surface area contributed by atoms with Gasteiger partial charge in [0.25, 0.3) is 5.91 Å². The van der Waals surface area contributed by atoms with E-state index in [1.54, 1.807) is 37.4 Å². The Morgan fingerprint density at radius 2 is 1.79 bits per heavy atom. The summed E-state index contributed by atoms with van der Waals surface area (Å²) in [5, 5.41) is 3.85. The highest BCUT2D eigenvalue weighted by molar-refractivity contribution is 6.00. The number of nitrogens with zero attached hydrogens (tertiary/aromatic N) is 4. The van der Waals surface area contributed by atoms with E-state index in [2.05, 4.69) is 32.1 Å². The molecule has 0 atom stereocenters. The van der Waals surface area contributed by atoms with Gasteiger partial charge in [0.05, 0.1) is 18.3 Å². The van der Waals surface area contributed by atoms with Crippen molar-refractivity contribution in [2.75, 3.05) is 56.7 Å². The fraction of sp³-hybridized carbons (Fsp3) is 0.250. The number of nitrogens with one attached hydrogen (secondary N) is 1. The second-order valence-electron chi connectivity index (χ2n) is 9.26. The third kappa shape index (κ3) is 5.55. The van der Waals surface area contributed by atoms with Gasteiger partial charge in [0.2, 0.25) is 5.95 Å². The maximum atomic E-state index is 13.0. The van der Waals surface area contributed by atoms with Crippen LogP contribution in [0.4, 0.5) is 17.5 Å². The molecule has 3 aromatic carbocycles. The molecular weight excluding hydrogens is 482 g/mol. The number of ether oxygens (including phenoxy) is 2. The molecule has 1 aliphatic rings. The highest BCUT2D eigenvalue weighted by atomic mass is 16.5. The summed E-state index contributed by atoms with van der Waals surface area (Å²) < 4.78 is 11.2. The highest BCUT2D eigenvalue weighted by Crippen LogP contribution is 2.31. The van der Waals surface area contributed by atoms with E-state index in [0.29, 0.717) is 40.6 Å². The van der Waals surface area contributed by atoms with Crippen molar-refractivity contribution < 1.29 is 14.3 Å². The van der Waals surface area contributed by atoms with Crippen molar-refractivity contribution in [3.63, 3.8) is 0 Å². The molecule has 1 saturated heterocycles. The molecule has 5 N–H and O–H groups in total. The second kappa shape index (κ2) is 10.8. The number of rotatable bonds is 7. The Morgan fingerprint density at radius 3 is 2.58 bits per heavy atom. The van der Waals surface area contributed by atoms with Gasteiger partial charge in [-0.25, -0.2) is 4.98 Å². The van der Waals surface area contributed by atoms with E-state index in [1.807, 2.05) is 30.3 Å². The Labute approximate surface area is 221 Å². The van der Waals surface area contributed by atoms with E-state index in [1.165, 1.54) is 0 Å². The summed E-state index contributed by atoms with van der Waals surface area (Å²) in [6.07, 6.45) is 0. The Morgan fingerprint density at radius 1 is 0.974 bits per heavy atom. The van der Waals surface area contributed by atoms with Crippen LogP contribution in [-0.2, 0) is 6.54 Å². The molecule has 4 aromatic rings. The average Bonchev–Trinajstić information content (AvgIpc) is 2.93. The van der Waals surface area contributed by atoms with E-state index in [9.17, 15) is 4.79 Å². The van der Waals surface area contributed by atoms with Crippen molar-refractivity contribution in [1.82, 2.24) is 20.2 Å². The van der Waals surface area contributed by atoms with E-state index in [0.717, 1.165) is 42.9 Å². The number of likely N-dealkylation sites (N-methyl/N-ethyl adjacent to an activating group) is 1. The van der Waals surface area contributed by atoms with Crippen molar-refractivity contribution >= 4 is 34.3 Å². The van der Waals surface area contributed by atoms with Crippen LogP contribution in [0.3, 0.4) is 0 Å². The minimum atomic E-state index is -0.214. The van der Waals surface area contributed by atoms with Crippen LogP contribution in [0.25, 0.3) is 10.9 Å². The molecule has 0 unspecified atom stereocenters. The van der Waals surface area contributed by atoms with Crippen molar-refractivity contribution in [1.29, 1.82) is 0 Å². The molecule has 1 aromatic heterocycles. The molecule has 196 valence electrons.